The second-order valence-corrected chi connectivity index (χ2v) is 6.20. The number of rotatable bonds is 8. The topological polar surface area (TPSA) is 67.4 Å². The summed E-state index contributed by atoms with van der Waals surface area (Å²) in [7, 11) is 0. The molecule has 0 spiro atoms. The standard InChI is InChI=1S/C23H22N2O3/c26-22(17-28-16-15-18-9-3-1-4-10-18)24-20-13-7-8-14-21(20)25-23(27)19-11-5-2-6-12-19/h1-14H,15-17H2,(H,24,26)(H,25,27). The highest BCUT2D eigenvalue weighted by molar-refractivity contribution is 6.07. The minimum Gasteiger partial charge on any atom is -0.371 e. The van der Waals surface area contributed by atoms with Crippen LogP contribution < -0.4 is 10.6 Å². The van der Waals surface area contributed by atoms with Crippen LogP contribution in [0.25, 0.3) is 0 Å². The fourth-order valence-electron chi connectivity index (χ4n) is 2.67. The van der Waals surface area contributed by atoms with Crippen molar-refractivity contribution in [1.29, 1.82) is 0 Å². The Morgan fingerprint density at radius 3 is 1.96 bits per heavy atom. The van der Waals surface area contributed by atoms with Crippen LogP contribution in [0.5, 0.6) is 0 Å². The van der Waals surface area contributed by atoms with Gasteiger partial charge in [-0.05, 0) is 36.2 Å². The molecule has 0 saturated heterocycles. The summed E-state index contributed by atoms with van der Waals surface area (Å²) in [6.07, 6.45) is 0.748. The van der Waals surface area contributed by atoms with Crippen molar-refractivity contribution < 1.29 is 14.3 Å². The number of benzene rings is 3. The average molecular weight is 374 g/mol. The normalized spacial score (nSPS) is 10.3. The lowest BCUT2D eigenvalue weighted by atomic mass is 10.2. The van der Waals surface area contributed by atoms with Crippen LogP contribution in [0.2, 0.25) is 0 Å². The molecule has 0 bridgehead atoms. The number of amides is 2. The molecular formula is C23H22N2O3. The first-order valence-electron chi connectivity index (χ1n) is 9.09. The molecule has 3 rings (SSSR count). The Hall–Kier alpha value is -3.44. The summed E-state index contributed by atoms with van der Waals surface area (Å²) in [5.74, 6) is -0.504. The van der Waals surface area contributed by atoms with Crippen molar-refractivity contribution in [1.82, 2.24) is 0 Å². The Morgan fingerprint density at radius 1 is 0.714 bits per heavy atom. The van der Waals surface area contributed by atoms with Crippen LogP contribution in [0.4, 0.5) is 11.4 Å². The van der Waals surface area contributed by atoms with Gasteiger partial charge in [0, 0.05) is 5.56 Å². The highest BCUT2D eigenvalue weighted by atomic mass is 16.5. The number of hydrogen-bond donors (Lipinski definition) is 2. The molecule has 0 radical (unpaired) electrons. The molecule has 0 saturated carbocycles. The van der Waals surface area contributed by atoms with E-state index in [1.165, 1.54) is 0 Å². The van der Waals surface area contributed by atoms with E-state index in [-0.39, 0.29) is 18.4 Å². The van der Waals surface area contributed by atoms with Crippen LogP contribution in [0.1, 0.15) is 15.9 Å². The number of nitrogens with one attached hydrogen (secondary N) is 2. The lowest BCUT2D eigenvalue weighted by Crippen LogP contribution is -2.21. The van der Waals surface area contributed by atoms with Crippen molar-refractivity contribution in [2.75, 3.05) is 23.8 Å². The lowest BCUT2D eigenvalue weighted by Gasteiger charge is -2.12. The molecule has 142 valence electrons. The van der Waals surface area contributed by atoms with Crippen molar-refractivity contribution in [3.05, 3.63) is 96.1 Å². The molecule has 2 N–H and O–H groups in total. The van der Waals surface area contributed by atoms with E-state index in [1.54, 1.807) is 48.5 Å². The summed E-state index contributed by atoms with van der Waals surface area (Å²) in [6.45, 7) is 0.414. The quantitative estimate of drug-likeness (QED) is 0.583. The van der Waals surface area contributed by atoms with E-state index in [0.717, 1.165) is 12.0 Å². The van der Waals surface area contributed by atoms with Gasteiger partial charge in [0.15, 0.2) is 0 Å². The van der Waals surface area contributed by atoms with E-state index < -0.39 is 0 Å². The summed E-state index contributed by atoms with van der Waals surface area (Å²) in [4.78, 5) is 24.5. The van der Waals surface area contributed by atoms with Gasteiger partial charge in [-0.2, -0.15) is 0 Å². The largest absolute Gasteiger partial charge is 0.371 e. The third-order valence-electron chi connectivity index (χ3n) is 4.10. The minimum atomic E-state index is -0.269. The predicted octanol–water partition coefficient (Wildman–Crippen LogP) is 4.14. The molecule has 0 unspecified atom stereocenters. The summed E-state index contributed by atoms with van der Waals surface area (Å²) in [5.41, 5.74) is 2.78. The lowest BCUT2D eigenvalue weighted by molar-refractivity contribution is -0.120. The summed E-state index contributed by atoms with van der Waals surface area (Å²) in [6, 6.07) is 26.0. The maximum absolute atomic E-state index is 12.3. The summed E-state index contributed by atoms with van der Waals surface area (Å²) >= 11 is 0. The van der Waals surface area contributed by atoms with E-state index in [9.17, 15) is 9.59 Å². The molecule has 0 aliphatic rings. The number of carbonyl (C=O) groups is 2. The number of carbonyl (C=O) groups excluding carboxylic acids is 2. The van der Waals surface area contributed by atoms with Crippen LogP contribution >= 0.6 is 0 Å². The maximum atomic E-state index is 12.3. The SMILES string of the molecule is O=C(COCCc1ccccc1)Nc1ccccc1NC(=O)c1ccccc1. The zero-order valence-electron chi connectivity index (χ0n) is 15.4. The van der Waals surface area contributed by atoms with Crippen molar-refractivity contribution in [3.8, 4) is 0 Å². The van der Waals surface area contributed by atoms with Gasteiger partial charge < -0.3 is 15.4 Å². The van der Waals surface area contributed by atoms with Gasteiger partial charge in [0.05, 0.1) is 18.0 Å². The van der Waals surface area contributed by atoms with Crippen LogP contribution in [-0.4, -0.2) is 25.0 Å². The number of hydrogen-bond acceptors (Lipinski definition) is 3. The fraction of sp³-hybridized carbons (Fsp3) is 0.130. The van der Waals surface area contributed by atoms with Crippen molar-refractivity contribution >= 4 is 23.2 Å². The van der Waals surface area contributed by atoms with Crippen LogP contribution in [-0.2, 0) is 16.0 Å². The monoisotopic (exact) mass is 374 g/mol. The van der Waals surface area contributed by atoms with E-state index in [1.807, 2.05) is 36.4 Å². The zero-order valence-corrected chi connectivity index (χ0v) is 15.4. The van der Waals surface area contributed by atoms with Crippen molar-refractivity contribution in [2.24, 2.45) is 0 Å². The maximum Gasteiger partial charge on any atom is 0.255 e. The Balaban J connectivity index is 1.51. The summed E-state index contributed by atoms with van der Waals surface area (Å²) < 4.78 is 5.46. The predicted molar refractivity (Wildman–Crippen MR) is 110 cm³/mol. The van der Waals surface area contributed by atoms with Crippen molar-refractivity contribution in [2.45, 2.75) is 6.42 Å². The minimum absolute atomic E-state index is 0.0478. The van der Waals surface area contributed by atoms with E-state index in [4.69, 9.17) is 4.74 Å². The average Bonchev–Trinajstić information content (AvgIpc) is 2.74. The molecule has 0 fully saturated rings. The Kier molecular flexibility index (Phi) is 6.93. The van der Waals surface area contributed by atoms with Gasteiger partial charge in [0.25, 0.3) is 5.91 Å². The summed E-state index contributed by atoms with van der Waals surface area (Å²) in [5, 5.41) is 5.61. The van der Waals surface area contributed by atoms with Gasteiger partial charge in [0.1, 0.15) is 6.61 Å². The zero-order chi connectivity index (χ0) is 19.6. The molecule has 5 nitrogen and oxygen atoms in total. The highest BCUT2D eigenvalue weighted by Crippen LogP contribution is 2.21. The van der Waals surface area contributed by atoms with Crippen LogP contribution in [0.3, 0.4) is 0 Å². The molecule has 0 aliphatic carbocycles. The fourth-order valence-corrected chi connectivity index (χ4v) is 2.67. The molecule has 5 heteroatoms. The number of ether oxygens (including phenoxy) is 1. The number of para-hydroxylation sites is 2. The van der Waals surface area contributed by atoms with Gasteiger partial charge in [-0.3, -0.25) is 9.59 Å². The van der Waals surface area contributed by atoms with Gasteiger partial charge >= 0.3 is 0 Å². The van der Waals surface area contributed by atoms with Gasteiger partial charge in [0.2, 0.25) is 5.91 Å². The molecule has 0 aliphatic heterocycles. The molecule has 0 atom stereocenters. The Morgan fingerprint density at radius 2 is 1.29 bits per heavy atom. The first kappa shape index (κ1) is 19.3. The molecule has 28 heavy (non-hydrogen) atoms. The molecule has 2 amide bonds. The second-order valence-electron chi connectivity index (χ2n) is 6.20. The smallest absolute Gasteiger partial charge is 0.255 e. The van der Waals surface area contributed by atoms with E-state index in [0.29, 0.717) is 23.5 Å². The first-order chi connectivity index (χ1) is 13.7. The van der Waals surface area contributed by atoms with E-state index >= 15 is 0 Å². The van der Waals surface area contributed by atoms with Crippen LogP contribution in [0, 0.1) is 0 Å². The molecular weight excluding hydrogens is 352 g/mol. The van der Waals surface area contributed by atoms with Gasteiger partial charge in [-0.25, -0.2) is 0 Å². The van der Waals surface area contributed by atoms with Gasteiger partial charge in [-0.15, -0.1) is 0 Å². The first-order valence-corrected chi connectivity index (χ1v) is 9.09. The molecule has 0 aromatic heterocycles. The van der Waals surface area contributed by atoms with Crippen LogP contribution in [0.15, 0.2) is 84.9 Å². The molecule has 3 aromatic carbocycles. The molecule has 3 aromatic rings. The third-order valence-corrected chi connectivity index (χ3v) is 4.10. The highest BCUT2D eigenvalue weighted by Gasteiger charge is 2.10. The second kappa shape index (κ2) is 10.0. The van der Waals surface area contributed by atoms with E-state index in [2.05, 4.69) is 10.6 Å². The number of anilines is 2. The molecule has 0 heterocycles. The third kappa shape index (κ3) is 5.79. The van der Waals surface area contributed by atoms with Gasteiger partial charge in [-0.1, -0.05) is 60.7 Å². The Labute approximate surface area is 164 Å². The Bertz CT molecular complexity index is 911. The van der Waals surface area contributed by atoms with Crippen molar-refractivity contribution in [3.63, 3.8) is 0 Å².